The third-order valence-corrected chi connectivity index (χ3v) is 3.74. The van der Waals surface area contributed by atoms with Crippen molar-refractivity contribution < 1.29 is 19.1 Å². The van der Waals surface area contributed by atoms with E-state index in [-0.39, 0.29) is 18.3 Å². The summed E-state index contributed by atoms with van der Waals surface area (Å²) in [6.07, 6.45) is 0. The number of aromatic nitrogens is 2. The van der Waals surface area contributed by atoms with Gasteiger partial charge in [-0.1, -0.05) is 11.8 Å². The van der Waals surface area contributed by atoms with Crippen LogP contribution in [0.15, 0.2) is 9.63 Å². The van der Waals surface area contributed by atoms with Crippen LogP contribution in [0.1, 0.15) is 24.2 Å². The SMILES string of the molecule is CCOC(=O)CSc1c(C(=O)OCC)c(Br)nn1C. The van der Waals surface area contributed by atoms with Crippen molar-refractivity contribution >= 4 is 39.6 Å². The number of carbonyl (C=O) groups excluding carboxylic acids is 2. The van der Waals surface area contributed by atoms with Gasteiger partial charge in [-0.3, -0.25) is 9.48 Å². The maximum absolute atomic E-state index is 11.8. The third-order valence-electron chi connectivity index (χ3n) is 2.06. The van der Waals surface area contributed by atoms with Gasteiger partial charge in [0, 0.05) is 7.05 Å². The van der Waals surface area contributed by atoms with Crippen LogP contribution in [0.4, 0.5) is 0 Å². The second kappa shape index (κ2) is 7.54. The third kappa shape index (κ3) is 4.24. The predicted molar refractivity (Wildman–Crippen MR) is 74.2 cm³/mol. The summed E-state index contributed by atoms with van der Waals surface area (Å²) >= 11 is 4.41. The first kappa shape index (κ1) is 16.0. The minimum atomic E-state index is -0.464. The molecular formula is C11H15BrN2O4S. The van der Waals surface area contributed by atoms with E-state index >= 15 is 0 Å². The monoisotopic (exact) mass is 350 g/mol. The fourth-order valence-electron chi connectivity index (χ4n) is 1.35. The molecule has 0 fully saturated rings. The molecule has 1 heterocycles. The molecule has 0 aromatic carbocycles. The van der Waals surface area contributed by atoms with Crippen molar-refractivity contribution in [2.45, 2.75) is 18.9 Å². The predicted octanol–water partition coefficient (Wildman–Crippen LogP) is 2.01. The van der Waals surface area contributed by atoms with Crippen molar-refractivity contribution in [2.24, 2.45) is 7.05 Å². The molecule has 6 nitrogen and oxygen atoms in total. The van der Waals surface area contributed by atoms with Gasteiger partial charge in [0.25, 0.3) is 0 Å². The maximum Gasteiger partial charge on any atom is 0.343 e. The second-order valence-electron chi connectivity index (χ2n) is 3.41. The molecule has 0 saturated carbocycles. The molecule has 1 rings (SSSR count). The van der Waals surface area contributed by atoms with E-state index in [0.717, 1.165) is 0 Å². The van der Waals surface area contributed by atoms with Crippen LogP contribution < -0.4 is 0 Å². The van der Waals surface area contributed by atoms with Crippen LogP contribution in [0, 0.1) is 0 Å². The van der Waals surface area contributed by atoms with Crippen LogP contribution >= 0.6 is 27.7 Å². The fourth-order valence-corrected chi connectivity index (χ4v) is 2.96. The Labute approximate surface area is 123 Å². The van der Waals surface area contributed by atoms with Crippen molar-refractivity contribution in [3.63, 3.8) is 0 Å². The lowest BCUT2D eigenvalue weighted by Crippen LogP contribution is -2.10. The van der Waals surface area contributed by atoms with Gasteiger partial charge >= 0.3 is 11.9 Å². The zero-order valence-electron chi connectivity index (χ0n) is 10.9. The highest BCUT2D eigenvalue weighted by Crippen LogP contribution is 2.29. The van der Waals surface area contributed by atoms with Gasteiger partial charge < -0.3 is 9.47 Å². The number of esters is 2. The summed E-state index contributed by atoms with van der Waals surface area (Å²) in [6, 6.07) is 0. The molecule has 8 heteroatoms. The van der Waals surface area contributed by atoms with E-state index in [1.54, 1.807) is 20.9 Å². The number of thioether (sulfide) groups is 1. The Morgan fingerprint density at radius 2 is 1.95 bits per heavy atom. The van der Waals surface area contributed by atoms with Crippen molar-refractivity contribution in [3.8, 4) is 0 Å². The van der Waals surface area contributed by atoms with E-state index in [1.807, 2.05) is 0 Å². The molecule has 0 aliphatic heterocycles. The van der Waals surface area contributed by atoms with E-state index in [1.165, 1.54) is 16.4 Å². The van der Waals surface area contributed by atoms with Gasteiger partial charge in [-0.25, -0.2) is 4.79 Å². The number of nitrogens with zero attached hydrogens (tertiary/aromatic N) is 2. The van der Waals surface area contributed by atoms with Gasteiger partial charge in [-0.15, -0.1) is 0 Å². The first-order valence-corrected chi connectivity index (χ1v) is 7.47. The van der Waals surface area contributed by atoms with Crippen LogP contribution in [0.5, 0.6) is 0 Å². The summed E-state index contributed by atoms with van der Waals surface area (Å²) < 4.78 is 11.7. The standard InChI is InChI=1S/C11H15BrN2O4S/c1-4-17-7(15)6-19-10-8(11(16)18-5-2)9(12)13-14(10)3/h4-6H2,1-3H3. The molecule has 0 spiro atoms. The Morgan fingerprint density at radius 3 is 2.53 bits per heavy atom. The van der Waals surface area contributed by atoms with Crippen LogP contribution in [-0.2, 0) is 21.3 Å². The van der Waals surface area contributed by atoms with Crippen LogP contribution in [0.3, 0.4) is 0 Å². The summed E-state index contributed by atoms with van der Waals surface area (Å²) in [5.74, 6) is -0.680. The Bertz CT molecular complexity index is 476. The van der Waals surface area contributed by atoms with Crippen molar-refractivity contribution in [1.29, 1.82) is 0 Å². The molecule has 0 saturated heterocycles. The molecule has 19 heavy (non-hydrogen) atoms. The van der Waals surface area contributed by atoms with E-state index in [4.69, 9.17) is 9.47 Å². The average molecular weight is 351 g/mol. The molecule has 0 aliphatic carbocycles. The van der Waals surface area contributed by atoms with Gasteiger partial charge in [0.2, 0.25) is 0 Å². The van der Waals surface area contributed by atoms with Gasteiger partial charge in [-0.2, -0.15) is 5.10 Å². The fraction of sp³-hybridized carbons (Fsp3) is 0.545. The number of hydrogen-bond donors (Lipinski definition) is 0. The Kier molecular flexibility index (Phi) is 6.36. The summed E-state index contributed by atoms with van der Waals surface area (Å²) in [4.78, 5) is 23.2. The lowest BCUT2D eigenvalue weighted by molar-refractivity contribution is -0.139. The lowest BCUT2D eigenvalue weighted by atomic mass is 10.4. The van der Waals surface area contributed by atoms with Crippen LogP contribution in [0.2, 0.25) is 0 Å². The molecule has 0 aliphatic rings. The normalized spacial score (nSPS) is 10.3. The molecule has 0 atom stereocenters. The molecular weight excluding hydrogens is 336 g/mol. The number of halogens is 1. The Balaban J connectivity index is 2.87. The molecule has 0 N–H and O–H groups in total. The first-order chi connectivity index (χ1) is 9.01. The summed E-state index contributed by atoms with van der Waals surface area (Å²) in [6.45, 7) is 4.09. The molecule has 106 valence electrons. The van der Waals surface area contributed by atoms with E-state index < -0.39 is 5.97 Å². The highest BCUT2D eigenvalue weighted by molar-refractivity contribution is 9.10. The number of carbonyl (C=O) groups is 2. The second-order valence-corrected chi connectivity index (χ2v) is 5.12. The number of ether oxygens (including phenoxy) is 2. The van der Waals surface area contributed by atoms with Crippen LogP contribution in [0.25, 0.3) is 0 Å². The van der Waals surface area contributed by atoms with E-state index in [0.29, 0.717) is 21.8 Å². The van der Waals surface area contributed by atoms with Crippen molar-refractivity contribution in [1.82, 2.24) is 9.78 Å². The molecule has 0 amide bonds. The maximum atomic E-state index is 11.8. The lowest BCUT2D eigenvalue weighted by Gasteiger charge is -2.05. The topological polar surface area (TPSA) is 70.4 Å². The van der Waals surface area contributed by atoms with Gasteiger partial charge in [0.05, 0.1) is 19.0 Å². The zero-order valence-corrected chi connectivity index (χ0v) is 13.3. The van der Waals surface area contributed by atoms with Crippen molar-refractivity contribution in [3.05, 3.63) is 10.2 Å². The summed E-state index contributed by atoms with van der Waals surface area (Å²) in [7, 11) is 1.70. The average Bonchev–Trinajstić information content (AvgIpc) is 2.62. The van der Waals surface area contributed by atoms with Crippen molar-refractivity contribution in [2.75, 3.05) is 19.0 Å². The molecule has 1 aromatic rings. The van der Waals surface area contributed by atoms with Gasteiger partial charge in [0.15, 0.2) is 0 Å². The largest absolute Gasteiger partial charge is 0.465 e. The van der Waals surface area contributed by atoms with E-state index in [9.17, 15) is 9.59 Å². The molecule has 1 aromatic heterocycles. The number of hydrogen-bond acceptors (Lipinski definition) is 6. The van der Waals surface area contributed by atoms with Crippen LogP contribution in [-0.4, -0.2) is 40.7 Å². The zero-order chi connectivity index (χ0) is 14.4. The quantitative estimate of drug-likeness (QED) is 0.577. The molecule has 0 radical (unpaired) electrons. The molecule has 0 bridgehead atoms. The minimum absolute atomic E-state index is 0.117. The Morgan fingerprint density at radius 1 is 1.32 bits per heavy atom. The highest BCUT2D eigenvalue weighted by atomic mass is 79.9. The molecule has 0 unspecified atom stereocenters. The summed E-state index contributed by atoms with van der Waals surface area (Å²) in [5, 5.41) is 4.67. The number of aryl methyl sites for hydroxylation is 1. The Hall–Kier alpha value is -1.02. The smallest absolute Gasteiger partial charge is 0.343 e. The first-order valence-electron chi connectivity index (χ1n) is 5.69. The minimum Gasteiger partial charge on any atom is -0.465 e. The van der Waals surface area contributed by atoms with E-state index in [2.05, 4.69) is 21.0 Å². The van der Waals surface area contributed by atoms with Gasteiger partial charge in [0.1, 0.15) is 15.2 Å². The summed E-state index contributed by atoms with van der Waals surface area (Å²) in [5.41, 5.74) is 0.332. The highest BCUT2D eigenvalue weighted by Gasteiger charge is 2.23. The van der Waals surface area contributed by atoms with Gasteiger partial charge in [-0.05, 0) is 29.8 Å². The number of rotatable bonds is 6.